The lowest BCUT2D eigenvalue weighted by molar-refractivity contribution is -0.385. The number of rotatable bonds is 5. The van der Waals surface area contributed by atoms with Gasteiger partial charge < -0.3 is 5.11 Å². The molecule has 1 aromatic carbocycles. The van der Waals surface area contributed by atoms with E-state index in [4.69, 9.17) is 5.11 Å². The van der Waals surface area contributed by atoms with Crippen molar-refractivity contribution in [2.45, 2.75) is 5.75 Å². The Hall–Kier alpha value is -1.96. The Labute approximate surface area is 96.8 Å². The normalized spacial score (nSPS) is 11.1. The Bertz CT molecular complexity index is 550. The van der Waals surface area contributed by atoms with Crippen molar-refractivity contribution < 1.29 is 23.2 Å². The Morgan fingerprint density at radius 3 is 2.47 bits per heavy atom. The van der Waals surface area contributed by atoms with E-state index < -0.39 is 32.2 Å². The van der Waals surface area contributed by atoms with E-state index in [-0.39, 0.29) is 11.3 Å². The number of hydrogen-bond donors (Lipinski definition) is 1. The fourth-order valence-corrected chi connectivity index (χ4v) is 2.48. The maximum absolute atomic E-state index is 11.4. The fourth-order valence-electron chi connectivity index (χ4n) is 1.29. The van der Waals surface area contributed by atoms with E-state index in [9.17, 15) is 23.3 Å². The summed E-state index contributed by atoms with van der Waals surface area (Å²) in [5.41, 5.74) is -0.347. The molecule has 1 aromatic rings. The summed E-state index contributed by atoms with van der Waals surface area (Å²) in [7, 11) is -3.89. The van der Waals surface area contributed by atoms with Gasteiger partial charge in [0.05, 0.1) is 10.7 Å². The van der Waals surface area contributed by atoms with Crippen molar-refractivity contribution in [2.75, 3.05) is 5.75 Å². The number of carboxylic acid groups (broad SMARTS) is 1. The van der Waals surface area contributed by atoms with E-state index in [0.29, 0.717) is 0 Å². The number of nitrogens with zero attached hydrogens (tertiary/aromatic N) is 1. The van der Waals surface area contributed by atoms with Crippen molar-refractivity contribution in [1.29, 1.82) is 0 Å². The first-order valence-corrected chi connectivity index (χ1v) is 6.28. The first-order chi connectivity index (χ1) is 7.82. The molecule has 92 valence electrons. The summed E-state index contributed by atoms with van der Waals surface area (Å²) in [5.74, 6) is -3.18. The van der Waals surface area contributed by atoms with Crippen molar-refractivity contribution >= 4 is 21.5 Å². The third-order valence-corrected chi connectivity index (χ3v) is 3.34. The molecule has 0 saturated carbocycles. The summed E-state index contributed by atoms with van der Waals surface area (Å²) in [6.45, 7) is 0. The van der Waals surface area contributed by atoms with Gasteiger partial charge in [-0.3, -0.25) is 14.9 Å². The molecule has 8 heteroatoms. The lowest BCUT2D eigenvalue weighted by Crippen LogP contribution is -2.17. The number of sulfone groups is 1. The molecule has 0 heterocycles. The molecule has 0 spiro atoms. The van der Waals surface area contributed by atoms with Crippen molar-refractivity contribution in [3.63, 3.8) is 0 Å². The van der Waals surface area contributed by atoms with E-state index in [1.54, 1.807) is 0 Å². The van der Waals surface area contributed by atoms with Crippen LogP contribution in [0, 0.1) is 10.1 Å². The SMILES string of the molecule is O=C(O)CS(=O)(=O)Cc1ccccc1[N+](=O)[O-]. The van der Waals surface area contributed by atoms with Crippen LogP contribution in [0.15, 0.2) is 24.3 Å². The zero-order valence-corrected chi connectivity index (χ0v) is 9.38. The van der Waals surface area contributed by atoms with Crippen LogP contribution in [-0.4, -0.2) is 30.2 Å². The van der Waals surface area contributed by atoms with E-state index in [0.717, 1.165) is 0 Å². The van der Waals surface area contributed by atoms with Crippen LogP contribution in [0.1, 0.15) is 5.56 Å². The molecule has 7 nitrogen and oxygen atoms in total. The molecule has 0 aliphatic rings. The van der Waals surface area contributed by atoms with Gasteiger partial charge in [-0.15, -0.1) is 0 Å². The van der Waals surface area contributed by atoms with Gasteiger partial charge in [-0.25, -0.2) is 8.42 Å². The highest BCUT2D eigenvalue weighted by Gasteiger charge is 2.21. The van der Waals surface area contributed by atoms with Crippen LogP contribution < -0.4 is 0 Å². The summed E-state index contributed by atoms with van der Waals surface area (Å²) in [6, 6.07) is 5.33. The lowest BCUT2D eigenvalue weighted by Gasteiger charge is -2.02. The topological polar surface area (TPSA) is 115 Å². The predicted molar refractivity (Wildman–Crippen MR) is 58.2 cm³/mol. The number of para-hydroxylation sites is 1. The third kappa shape index (κ3) is 3.83. The van der Waals surface area contributed by atoms with Crippen LogP contribution in [0.25, 0.3) is 0 Å². The zero-order valence-electron chi connectivity index (χ0n) is 8.57. The number of nitro groups is 1. The molecule has 1 rings (SSSR count). The third-order valence-electron chi connectivity index (χ3n) is 1.91. The minimum Gasteiger partial charge on any atom is -0.480 e. The summed E-state index contributed by atoms with van der Waals surface area (Å²) >= 11 is 0. The number of hydrogen-bond acceptors (Lipinski definition) is 5. The molecule has 0 bridgehead atoms. The quantitative estimate of drug-likeness (QED) is 0.611. The molecule has 0 aromatic heterocycles. The Kier molecular flexibility index (Phi) is 3.79. The first-order valence-electron chi connectivity index (χ1n) is 4.46. The molecule has 0 aliphatic carbocycles. The zero-order chi connectivity index (χ0) is 13.1. The molecule has 0 radical (unpaired) electrons. The molecule has 17 heavy (non-hydrogen) atoms. The molecular weight excluding hydrogens is 250 g/mol. The van der Waals surface area contributed by atoms with Crippen molar-refractivity contribution in [3.05, 3.63) is 39.9 Å². The van der Waals surface area contributed by atoms with Gasteiger partial charge in [0.25, 0.3) is 5.69 Å². The average Bonchev–Trinajstić information content (AvgIpc) is 2.14. The van der Waals surface area contributed by atoms with Crippen LogP contribution >= 0.6 is 0 Å². The number of benzene rings is 1. The second-order valence-corrected chi connectivity index (χ2v) is 5.38. The smallest absolute Gasteiger partial charge is 0.318 e. The number of aliphatic carboxylic acids is 1. The molecule has 0 amide bonds. The van der Waals surface area contributed by atoms with Gasteiger partial charge >= 0.3 is 5.97 Å². The maximum Gasteiger partial charge on any atom is 0.318 e. The summed E-state index contributed by atoms with van der Waals surface area (Å²) in [6.07, 6.45) is 0. The minimum atomic E-state index is -3.89. The van der Waals surface area contributed by atoms with E-state index in [1.165, 1.54) is 24.3 Å². The van der Waals surface area contributed by atoms with Gasteiger partial charge in [-0.05, 0) is 0 Å². The monoisotopic (exact) mass is 259 g/mol. The molecule has 1 N–H and O–H groups in total. The summed E-state index contributed by atoms with van der Waals surface area (Å²) in [5, 5.41) is 19.0. The van der Waals surface area contributed by atoms with Gasteiger partial charge in [0.2, 0.25) is 0 Å². The van der Waals surface area contributed by atoms with Gasteiger partial charge in [0, 0.05) is 11.6 Å². The van der Waals surface area contributed by atoms with Crippen molar-refractivity contribution in [2.24, 2.45) is 0 Å². The van der Waals surface area contributed by atoms with Gasteiger partial charge in [-0.1, -0.05) is 18.2 Å². The molecular formula is C9H9NO6S. The Morgan fingerprint density at radius 2 is 1.94 bits per heavy atom. The van der Waals surface area contributed by atoms with Gasteiger partial charge in [-0.2, -0.15) is 0 Å². The average molecular weight is 259 g/mol. The number of carboxylic acids is 1. The van der Waals surface area contributed by atoms with Gasteiger partial charge in [0.15, 0.2) is 9.84 Å². The largest absolute Gasteiger partial charge is 0.480 e. The van der Waals surface area contributed by atoms with Crippen LogP contribution in [0.5, 0.6) is 0 Å². The Morgan fingerprint density at radius 1 is 1.35 bits per heavy atom. The summed E-state index contributed by atoms with van der Waals surface area (Å²) < 4.78 is 22.8. The molecule has 0 saturated heterocycles. The maximum atomic E-state index is 11.4. The molecule has 0 fully saturated rings. The van der Waals surface area contributed by atoms with Crippen LogP contribution in [-0.2, 0) is 20.4 Å². The highest BCUT2D eigenvalue weighted by molar-refractivity contribution is 7.91. The van der Waals surface area contributed by atoms with Crippen molar-refractivity contribution in [3.8, 4) is 0 Å². The number of carbonyl (C=O) groups is 1. The van der Waals surface area contributed by atoms with E-state index >= 15 is 0 Å². The lowest BCUT2D eigenvalue weighted by atomic mass is 10.2. The fraction of sp³-hybridized carbons (Fsp3) is 0.222. The highest BCUT2D eigenvalue weighted by atomic mass is 32.2. The van der Waals surface area contributed by atoms with Crippen molar-refractivity contribution in [1.82, 2.24) is 0 Å². The molecule has 0 aliphatic heterocycles. The minimum absolute atomic E-state index is 0.0150. The number of nitro benzene ring substituents is 1. The molecule has 0 atom stereocenters. The van der Waals surface area contributed by atoms with E-state index in [1.807, 2.05) is 0 Å². The highest BCUT2D eigenvalue weighted by Crippen LogP contribution is 2.20. The van der Waals surface area contributed by atoms with Crippen LogP contribution in [0.2, 0.25) is 0 Å². The second-order valence-electron chi connectivity index (χ2n) is 3.31. The van der Waals surface area contributed by atoms with Gasteiger partial charge in [0.1, 0.15) is 5.75 Å². The second kappa shape index (κ2) is 4.91. The van der Waals surface area contributed by atoms with Crippen LogP contribution in [0.4, 0.5) is 5.69 Å². The standard InChI is InChI=1S/C9H9NO6S/c11-9(12)6-17(15,16)5-7-3-1-2-4-8(7)10(13)14/h1-4H,5-6H2,(H,11,12). The van der Waals surface area contributed by atoms with E-state index in [2.05, 4.69) is 0 Å². The molecule has 0 unspecified atom stereocenters. The predicted octanol–water partition coefficient (Wildman–Crippen LogP) is 0.594. The summed E-state index contributed by atoms with van der Waals surface area (Å²) in [4.78, 5) is 20.2. The van der Waals surface area contributed by atoms with Crippen LogP contribution in [0.3, 0.4) is 0 Å². The Balaban J connectivity index is 3.04. The first kappa shape index (κ1) is 13.1.